The molecule has 2 heterocycles. The summed E-state index contributed by atoms with van der Waals surface area (Å²) >= 11 is 1.56. The van der Waals surface area contributed by atoms with E-state index >= 15 is 0 Å². The number of hydrogen-bond donors (Lipinski definition) is 1. The van der Waals surface area contributed by atoms with Gasteiger partial charge in [0.2, 0.25) is 0 Å². The van der Waals surface area contributed by atoms with Crippen LogP contribution in [-0.4, -0.2) is 19.9 Å². The van der Waals surface area contributed by atoms with Gasteiger partial charge in [-0.05, 0) is 31.5 Å². The Morgan fingerprint density at radius 2 is 2.18 bits per heavy atom. The average molecular weight is 249 g/mol. The summed E-state index contributed by atoms with van der Waals surface area (Å²) in [4.78, 5) is 4.31. The van der Waals surface area contributed by atoms with E-state index in [1.165, 1.54) is 0 Å². The monoisotopic (exact) mass is 249 g/mol. The van der Waals surface area contributed by atoms with Gasteiger partial charge in [-0.1, -0.05) is 17.8 Å². The van der Waals surface area contributed by atoms with E-state index in [0.29, 0.717) is 0 Å². The molecule has 2 aromatic heterocycles. The first kappa shape index (κ1) is 12.1. The van der Waals surface area contributed by atoms with Crippen molar-refractivity contribution in [1.29, 1.82) is 0 Å². The quantitative estimate of drug-likeness (QED) is 0.907. The second-order valence-corrected chi connectivity index (χ2v) is 5.00. The number of aliphatic hydroxyl groups excluding tert-OH is 1. The van der Waals surface area contributed by atoms with E-state index in [-0.39, 0.29) is 0 Å². The second kappa shape index (κ2) is 4.89. The van der Waals surface area contributed by atoms with Crippen molar-refractivity contribution < 1.29 is 5.11 Å². The fourth-order valence-corrected chi connectivity index (χ4v) is 2.35. The van der Waals surface area contributed by atoms with Crippen molar-refractivity contribution in [2.75, 3.05) is 0 Å². The third kappa shape index (κ3) is 2.87. The van der Waals surface area contributed by atoms with Crippen molar-refractivity contribution >= 4 is 11.8 Å². The van der Waals surface area contributed by atoms with Gasteiger partial charge in [-0.15, -0.1) is 0 Å². The Kier molecular flexibility index (Phi) is 3.49. The Hall–Kier alpha value is -1.33. The summed E-state index contributed by atoms with van der Waals surface area (Å²) in [6.45, 7) is 3.70. The highest BCUT2D eigenvalue weighted by molar-refractivity contribution is 7.99. The Morgan fingerprint density at radius 3 is 2.65 bits per heavy atom. The maximum absolute atomic E-state index is 9.39. The number of hydrogen-bond acceptors (Lipinski definition) is 4. The molecule has 0 fully saturated rings. The summed E-state index contributed by atoms with van der Waals surface area (Å²) in [5.41, 5.74) is 1.83. The molecule has 2 aromatic rings. The molecule has 0 radical (unpaired) electrons. The Labute approximate surface area is 105 Å². The van der Waals surface area contributed by atoms with Crippen LogP contribution in [0.25, 0.3) is 0 Å². The van der Waals surface area contributed by atoms with Crippen molar-refractivity contribution in [1.82, 2.24) is 14.8 Å². The maximum Gasteiger partial charge on any atom is 0.102 e. The van der Waals surface area contributed by atoms with E-state index in [1.54, 1.807) is 24.9 Å². The molecule has 0 aromatic carbocycles. The molecule has 1 unspecified atom stereocenters. The second-order valence-electron chi connectivity index (χ2n) is 3.96. The minimum Gasteiger partial charge on any atom is -0.389 e. The highest BCUT2D eigenvalue weighted by atomic mass is 32.2. The third-order valence-electron chi connectivity index (χ3n) is 2.41. The molecule has 0 bridgehead atoms. The molecule has 0 saturated heterocycles. The molecule has 0 aliphatic rings. The van der Waals surface area contributed by atoms with Gasteiger partial charge in [0.1, 0.15) is 10.1 Å². The normalized spacial score (nSPS) is 12.7. The van der Waals surface area contributed by atoms with Crippen LogP contribution in [0, 0.1) is 6.92 Å². The molecular formula is C12H15N3OS. The van der Waals surface area contributed by atoms with Gasteiger partial charge in [-0.2, -0.15) is 5.10 Å². The molecule has 0 saturated carbocycles. The molecule has 5 heteroatoms. The van der Waals surface area contributed by atoms with Gasteiger partial charge in [-0.25, -0.2) is 4.98 Å². The van der Waals surface area contributed by atoms with Gasteiger partial charge < -0.3 is 5.11 Å². The van der Waals surface area contributed by atoms with Gasteiger partial charge in [0, 0.05) is 13.2 Å². The summed E-state index contributed by atoms with van der Waals surface area (Å²) in [6.07, 6.45) is 1.23. The van der Waals surface area contributed by atoms with Gasteiger partial charge in [0.25, 0.3) is 0 Å². The van der Waals surface area contributed by atoms with Gasteiger partial charge in [0.05, 0.1) is 11.8 Å². The van der Waals surface area contributed by atoms with Crippen molar-refractivity contribution in [2.45, 2.75) is 30.0 Å². The van der Waals surface area contributed by atoms with E-state index < -0.39 is 6.10 Å². The van der Waals surface area contributed by atoms with Crippen LogP contribution in [0.15, 0.2) is 34.4 Å². The summed E-state index contributed by atoms with van der Waals surface area (Å²) in [5, 5.41) is 15.6. The van der Waals surface area contributed by atoms with E-state index in [0.717, 1.165) is 21.3 Å². The highest BCUT2D eigenvalue weighted by Gasteiger charge is 2.06. The van der Waals surface area contributed by atoms with E-state index in [2.05, 4.69) is 10.1 Å². The fraction of sp³-hybridized carbons (Fsp3) is 0.333. The number of aliphatic hydroxyl groups is 1. The SMILES string of the molecule is Cc1cc(Sc2ccc(C(C)O)cn2)n(C)n1. The van der Waals surface area contributed by atoms with Crippen molar-refractivity contribution in [3.63, 3.8) is 0 Å². The average Bonchev–Trinajstić information content (AvgIpc) is 2.58. The lowest BCUT2D eigenvalue weighted by molar-refractivity contribution is 0.198. The lowest BCUT2D eigenvalue weighted by Gasteiger charge is -2.05. The van der Waals surface area contributed by atoms with E-state index in [4.69, 9.17) is 0 Å². The molecule has 0 aliphatic carbocycles. The Balaban J connectivity index is 2.16. The lowest BCUT2D eigenvalue weighted by atomic mass is 10.2. The van der Waals surface area contributed by atoms with Gasteiger partial charge >= 0.3 is 0 Å². The molecule has 90 valence electrons. The molecule has 2 rings (SSSR count). The van der Waals surface area contributed by atoms with Crippen LogP contribution in [-0.2, 0) is 7.05 Å². The minimum absolute atomic E-state index is 0.472. The van der Waals surface area contributed by atoms with E-state index in [9.17, 15) is 5.11 Å². The third-order valence-corrected chi connectivity index (χ3v) is 3.45. The van der Waals surface area contributed by atoms with Crippen LogP contribution >= 0.6 is 11.8 Å². The van der Waals surface area contributed by atoms with Crippen LogP contribution in [0.5, 0.6) is 0 Å². The zero-order chi connectivity index (χ0) is 12.4. The van der Waals surface area contributed by atoms with Crippen molar-refractivity contribution in [2.24, 2.45) is 7.05 Å². The first-order valence-electron chi connectivity index (χ1n) is 5.39. The maximum atomic E-state index is 9.39. The van der Waals surface area contributed by atoms with Crippen molar-refractivity contribution in [3.05, 3.63) is 35.7 Å². The Morgan fingerprint density at radius 1 is 1.41 bits per heavy atom. The number of pyridine rings is 1. The smallest absolute Gasteiger partial charge is 0.102 e. The van der Waals surface area contributed by atoms with Crippen LogP contribution in [0.3, 0.4) is 0 Å². The van der Waals surface area contributed by atoms with Gasteiger partial charge in [0.15, 0.2) is 0 Å². The fourth-order valence-electron chi connectivity index (χ4n) is 1.49. The molecule has 1 N–H and O–H groups in total. The van der Waals surface area contributed by atoms with Crippen LogP contribution < -0.4 is 0 Å². The molecule has 4 nitrogen and oxygen atoms in total. The molecule has 1 atom stereocenters. The largest absolute Gasteiger partial charge is 0.389 e. The van der Waals surface area contributed by atoms with E-state index in [1.807, 2.05) is 36.9 Å². The summed E-state index contributed by atoms with van der Waals surface area (Å²) in [7, 11) is 1.92. The summed E-state index contributed by atoms with van der Waals surface area (Å²) in [5.74, 6) is 0. The highest BCUT2D eigenvalue weighted by Crippen LogP contribution is 2.26. The predicted octanol–water partition coefficient (Wildman–Crippen LogP) is 2.33. The van der Waals surface area contributed by atoms with Crippen LogP contribution in [0.2, 0.25) is 0 Å². The van der Waals surface area contributed by atoms with Gasteiger partial charge in [-0.3, -0.25) is 4.68 Å². The van der Waals surface area contributed by atoms with Crippen LogP contribution in [0.4, 0.5) is 0 Å². The minimum atomic E-state index is -0.472. The first-order valence-corrected chi connectivity index (χ1v) is 6.20. The molecule has 17 heavy (non-hydrogen) atoms. The standard InChI is InChI=1S/C12H15N3OS/c1-8-6-12(15(3)14-8)17-11-5-4-10(7-13-11)9(2)16/h4-7,9,16H,1-3H3. The number of aryl methyl sites for hydroxylation is 2. The number of aromatic nitrogens is 3. The van der Waals surface area contributed by atoms with Crippen LogP contribution in [0.1, 0.15) is 24.3 Å². The first-order chi connectivity index (χ1) is 8.06. The lowest BCUT2D eigenvalue weighted by Crippen LogP contribution is -1.94. The molecular weight excluding hydrogens is 234 g/mol. The zero-order valence-electron chi connectivity index (χ0n) is 10.1. The summed E-state index contributed by atoms with van der Waals surface area (Å²) < 4.78 is 1.84. The predicted molar refractivity (Wildman–Crippen MR) is 66.9 cm³/mol. The zero-order valence-corrected chi connectivity index (χ0v) is 10.9. The number of rotatable bonds is 3. The molecule has 0 amide bonds. The molecule has 0 spiro atoms. The Bertz CT molecular complexity index is 505. The summed E-state index contributed by atoms with van der Waals surface area (Å²) in [6, 6.07) is 5.83. The molecule has 0 aliphatic heterocycles. The topological polar surface area (TPSA) is 50.9 Å². The number of nitrogens with zero attached hydrogens (tertiary/aromatic N) is 3. The van der Waals surface area contributed by atoms with Crippen molar-refractivity contribution in [3.8, 4) is 0 Å².